The second-order valence-corrected chi connectivity index (χ2v) is 3.79. The number of methoxy groups -OCH3 is 1. The molecule has 1 aromatic carbocycles. The molecule has 0 saturated heterocycles. The maximum atomic E-state index is 11.2. The van der Waals surface area contributed by atoms with Gasteiger partial charge in [0.25, 0.3) is 5.56 Å². The summed E-state index contributed by atoms with van der Waals surface area (Å²) in [6, 6.07) is 8.85. The molecule has 0 fully saturated rings. The summed E-state index contributed by atoms with van der Waals surface area (Å²) in [5.41, 5.74) is 1.90. The topological polar surface area (TPSA) is 78.8 Å². The molecule has 1 N–H and O–H groups in total. The predicted molar refractivity (Wildman–Crippen MR) is 66.3 cm³/mol. The van der Waals surface area contributed by atoms with E-state index in [2.05, 4.69) is 10.2 Å². The van der Waals surface area contributed by atoms with Crippen LogP contribution in [0.5, 0.6) is 5.75 Å². The second-order valence-electron chi connectivity index (χ2n) is 3.79. The van der Waals surface area contributed by atoms with E-state index >= 15 is 0 Å². The van der Waals surface area contributed by atoms with Gasteiger partial charge in [-0.3, -0.25) is 4.79 Å². The molecule has 0 aliphatic carbocycles. The van der Waals surface area contributed by atoms with Gasteiger partial charge in [0.2, 0.25) is 0 Å². The number of nitrogens with one attached hydrogen (secondary N) is 1. The Balaban J connectivity index is 2.53. The lowest BCUT2D eigenvalue weighted by molar-refractivity contribution is 0.412. The van der Waals surface area contributed by atoms with Crippen molar-refractivity contribution < 1.29 is 4.74 Å². The van der Waals surface area contributed by atoms with Crippen LogP contribution in [0.25, 0.3) is 11.3 Å². The quantitative estimate of drug-likeness (QED) is 0.866. The number of hydrogen-bond acceptors (Lipinski definition) is 4. The normalized spacial score (nSPS) is 9.83. The summed E-state index contributed by atoms with van der Waals surface area (Å²) in [5, 5.41) is 15.0. The Kier molecular flexibility index (Phi) is 3.11. The third kappa shape index (κ3) is 2.09. The largest absolute Gasteiger partial charge is 0.496 e. The standard InChI is InChI=1S/C13H11N3O2/c1-8-5-9(3-4-12(8)18-2)11-6-10(7-14)13(17)16-15-11/h3-6H,1-2H3,(H,16,17). The van der Waals surface area contributed by atoms with Gasteiger partial charge in [0, 0.05) is 5.56 Å². The fourth-order valence-electron chi connectivity index (χ4n) is 1.67. The van der Waals surface area contributed by atoms with Crippen molar-refractivity contribution in [1.82, 2.24) is 10.2 Å². The molecular weight excluding hydrogens is 230 g/mol. The number of rotatable bonds is 2. The molecule has 0 aliphatic heterocycles. The van der Waals surface area contributed by atoms with E-state index in [0.717, 1.165) is 16.9 Å². The average Bonchev–Trinajstić information content (AvgIpc) is 2.39. The summed E-state index contributed by atoms with van der Waals surface area (Å²) in [6.45, 7) is 1.92. The molecule has 0 amide bonds. The van der Waals surface area contributed by atoms with Crippen molar-refractivity contribution in [1.29, 1.82) is 5.26 Å². The maximum Gasteiger partial charge on any atom is 0.282 e. The first-order valence-corrected chi connectivity index (χ1v) is 5.30. The first-order valence-electron chi connectivity index (χ1n) is 5.30. The number of ether oxygens (including phenoxy) is 1. The molecule has 2 rings (SSSR count). The van der Waals surface area contributed by atoms with Gasteiger partial charge in [0.05, 0.1) is 12.8 Å². The molecule has 90 valence electrons. The number of hydrogen-bond donors (Lipinski definition) is 1. The minimum atomic E-state index is -0.480. The molecule has 0 spiro atoms. The molecule has 5 nitrogen and oxygen atoms in total. The Hall–Kier alpha value is -2.61. The summed E-state index contributed by atoms with van der Waals surface area (Å²) in [5.74, 6) is 0.781. The molecule has 1 heterocycles. The van der Waals surface area contributed by atoms with Crippen molar-refractivity contribution >= 4 is 0 Å². The summed E-state index contributed by atoms with van der Waals surface area (Å²) in [6.07, 6.45) is 0. The summed E-state index contributed by atoms with van der Waals surface area (Å²) < 4.78 is 5.17. The van der Waals surface area contributed by atoms with E-state index in [4.69, 9.17) is 10.00 Å². The van der Waals surface area contributed by atoms with E-state index in [1.54, 1.807) is 7.11 Å². The van der Waals surface area contributed by atoms with Gasteiger partial charge in [0.15, 0.2) is 0 Å². The molecule has 0 aliphatic rings. The molecule has 2 aromatic rings. The third-order valence-corrected chi connectivity index (χ3v) is 2.61. The Morgan fingerprint density at radius 1 is 1.39 bits per heavy atom. The number of nitriles is 1. The average molecular weight is 241 g/mol. The highest BCUT2D eigenvalue weighted by atomic mass is 16.5. The third-order valence-electron chi connectivity index (χ3n) is 2.61. The van der Waals surface area contributed by atoms with Crippen molar-refractivity contribution in [2.45, 2.75) is 6.92 Å². The van der Waals surface area contributed by atoms with Gasteiger partial charge in [-0.05, 0) is 36.8 Å². The highest BCUT2D eigenvalue weighted by Crippen LogP contribution is 2.24. The number of nitrogens with zero attached hydrogens (tertiary/aromatic N) is 2. The van der Waals surface area contributed by atoms with Gasteiger partial charge in [-0.25, -0.2) is 5.10 Å². The maximum absolute atomic E-state index is 11.2. The SMILES string of the molecule is COc1ccc(-c2cc(C#N)c(=O)[nH]n2)cc1C. The van der Waals surface area contributed by atoms with E-state index in [-0.39, 0.29) is 5.56 Å². The first-order chi connectivity index (χ1) is 8.65. The Bertz CT molecular complexity index is 683. The molecule has 18 heavy (non-hydrogen) atoms. The Morgan fingerprint density at radius 3 is 2.78 bits per heavy atom. The molecule has 5 heteroatoms. The van der Waals surface area contributed by atoms with Crippen LogP contribution in [-0.2, 0) is 0 Å². The number of aryl methyl sites for hydroxylation is 1. The van der Waals surface area contributed by atoms with Crippen LogP contribution in [0, 0.1) is 18.3 Å². The molecule has 0 bridgehead atoms. The van der Waals surface area contributed by atoms with Crippen LogP contribution < -0.4 is 10.3 Å². The first kappa shape index (κ1) is 11.9. The van der Waals surface area contributed by atoms with Crippen molar-refractivity contribution in [2.24, 2.45) is 0 Å². The molecule has 1 aromatic heterocycles. The van der Waals surface area contributed by atoms with Gasteiger partial charge in [-0.2, -0.15) is 10.4 Å². The van der Waals surface area contributed by atoms with Crippen molar-refractivity contribution in [2.75, 3.05) is 7.11 Å². The lowest BCUT2D eigenvalue weighted by atomic mass is 10.1. The Labute approximate surface area is 104 Å². The number of aromatic nitrogens is 2. The van der Waals surface area contributed by atoms with Gasteiger partial charge in [-0.1, -0.05) is 0 Å². The number of benzene rings is 1. The van der Waals surface area contributed by atoms with E-state index in [1.807, 2.05) is 31.2 Å². The molecule has 0 unspecified atom stereocenters. The van der Waals surface area contributed by atoms with E-state index in [9.17, 15) is 4.79 Å². The van der Waals surface area contributed by atoms with Crippen LogP contribution in [0.4, 0.5) is 0 Å². The van der Waals surface area contributed by atoms with E-state index in [1.165, 1.54) is 6.07 Å². The summed E-state index contributed by atoms with van der Waals surface area (Å²) in [7, 11) is 1.61. The van der Waals surface area contributed by atoms with Gasteiger partial charge >= 0.3 is 0 Å². The van der Waals surface area contributed by atoms with Gasteiger partial charge in [-0.15, -0.1) is 0 Å². The molecule has 0 atom stereocenters. The molecular formula is C13H11N3O2. The van der Waals surface area contributed by atoms with Crippen LogP contribution in [0.1, 0.15) is 11.1 Å². The monoisotopic (exact) mass is 241 g/mol. The molecule has 0 radical (unpaired) electrons. The predicted octanol–water partition coefficient (Wildman–Crippen LogP) is 1.63. The van der Waals surface area contributed by atoms with E-state index < -0.39 is 5.56 Å². The highest BCUT2D eigenvalue weighted by molar-refractivity contribution is 5.62. The zero-order valence-corrected chi connectivity index (χ0v) is 10.0. The van der Waals surface area contributed by atoms with Crippen LogP contribution in [0.2, 0.25) is 0 Å². The summed E-state index contributed by atoms with van der Waals surface area (Å²) >= 11 is 0. The zero-order chi connectivity index (χ0) is 13.1. The lowest BCUT2D eigenvalue weighted by Crippen LogP contribution is -2.12. The van der Waals surface area contributed by atoms with Crippen molar-refractivity contribution in [3.05, 3.63) is 45.7 Å². The highest BCUT2D eigenvalue weighted by Gasteiger charge is 2.06. The molecule has 0 saturated carbocycles. The zero-order valence-electron chi connectivity index (χ0n) is 10.0. The Morgan fingerprint density at radius 2 is 2.17 bits per heavy atom. The fourth-order valence-corrected chi connectivity index (χ4v) is 1.67. The fraction of sp³-hybridized carbons (Fsp3) is 0.154. The van der Waals surface area contributed by atoms with Crippen LogP contribution in [0.15, 0.2) is 29.1 Å². The number of aromatic amines is 1. The van der Waals surface area contributed by atoms with Crippen LogP contribution >= 0.6 is 0 Å². The lowest BCUT2D eigenvalue weighted by Gasteiger charge is -2.06. The van der Waals surface area contributed by atoms with Crippen LogP contribution in [-0.4, -0.2) is 17.3 Å². The second kappa shape index (κ2) is 4.72. The minimum Gasteiger partial charge on any atom is -0.496 e. The van der Waals surface area contributed by atoms with Gasteiger partial charge < -0.3 is 4.74 Å². The van der Waals surface area contributed by atoms with Crippen LogP contribution in [0.3, 0.4) is 0 Å². The van der Waals surface area contributed by atoms with Crippen molar-refractivity contribution in [3.63, 3.8) is 0 Å². The number of H-pyrrole nitrogens is 1. The van der Waals surface area contributed by atoms with E-state index in [0.29, 0.717) is 5.69 Å². The smallest absolute Gasteiger partial charge is 0.282 e. The van der Waals surface area contributed by atoms with Gasteiger partial charge in [0.1, 0.15) is 17.4 Å². The van der Waals surface area contributed by atoms with Crippen molar-refractivity contribution in [3.8, 4) is 23.1 Å². The summed E-state index contributed by atoms with van der Waals surface area (Å²) in [4.78, 5) is 11.2. The minimum absolute atomic E-state index is 0.0495.